The summed E-state index contributed by atoms with van der Waals surface area (Å²) in [4.78, 5) is 2.30. The van der Waals surface area contributed by atoms with Gasteiger partial charge in [-0.05, 0) is 20.8 Å². The Balaban J connectivity index is 2.19. The third-order valence-electron chi connectivity index (χ3n) is 2.73. The molecule has 4 heteroatoms. The molecule has 84 valence electrons. The highest BCUT2D eigenvalue weighted by Gasteiger charge is 2.16. The van der Waals surface area contributed by atoms with Crippen LogP contribution in [0.4, 0.5) is 5.82 Å². The molecule has 1 fully saturated rings. The van der Waals surface area contributed by atoms with Crippen molar-refractivity contribution in [3.63, 3.8) is 0 Å². The first-order chi connectivity index (χ1) is 7.18. The molecule has 0 spiro atoms. The van der Waals surface area contributed by atoms with E-state index < -0.39 is 0 Å². The molecule has 1 aliphatic heterocycles. The maximum Gasteiger partial charge on any atom is 0.153 e. The highest BCUT2D eigenvalue weighted by Crippen LogP contribution is 2.20. The summed E-state index contributed by atoms with van der Waals surface area (Å²) in [6.07, 6.45) is 2.12. The molecule has 0 bridgehead atoms. The number of ether oxygens (including phenoxy) is 1. The Kier molecular flexibility index (Phi) is 2.95. The van der Waals surface area contributed by atoms with Crippen molar-refractivity contribution in [2.75, 3.05) is 31.2 Å². The van der Waals surface area contributed by atoms with E-state index in [0.29, 0.717) is 6.04 Å². The average Bonchev–Trinajstić information content (AvgIpc) is 2.62. The number of nitrogens with zero attached hydrogens (tertiary/aromatic N) is 3. The largest absolute Gasteiger partial charge is 0.378 e. The Hall–Kier alpha value is -1.03. The van der Waals surface area contributed by atoms with Crippen molar-refractivity contribution in [1.29, 1.82) is 0 Å². The number of aryl methyl sites for hydroxylation is 1. The Morgan fingerprint density at radius 2 is 2.00 bits per heavy atom. The predicted molar refractivity (Wildman–Crippen MR) is 60.4 cm³/mol. The molecule has 0 unspecified atom stereocenters. The fourth-order valence-corrected chi connectivity index (χ4v) is 1.83. The number of hydrogen-bond acceptors (Lipinski definition) is 3. The van der Waals surface area contributed by atoms with Crippen LogP contribution in [-0.4, -0.2) is 36.1 Å². The third kappa shape index (κ3) is 2.15. The van der Waals surface area contributed by atoms with Gasteiger partial charge in [-0.25, -0.2) is 0 Å². The molecule has 1 aromatic rings. The number of hydrogen-bond donors (Lipinski definition) is 0. The maximum absolute atomic E-state index is 5.34. The van der Waals surface area contributed by atoms with E-state index in [1.807, 2.05) is 4.68 Å². The SMILES string of the molecule is Cc1cn(C(C)C)nc1N1CCOCC1. The van der Waals surface area contributed by atoms with Gasteiger partial charge >= 0.3 is 0 Å². The van der Waals surface area contributed by atoms with Gasteiger partial charge in [0, 0.05) is 30.9 Å². The van der Waals surface area contributed by atoms with E-state index in [9.17, 15) is 0 Å². The maximum atomic E-state index is 5.34. The summed E-state index contributed by atoms with van der Waals surface area (Å²) in [5.74, 6) is 1.12. The number of morpholine rings is 1. The summed E-state index contributed by atoms with van der Waals surface area (Å²) in [6.45, 7) is 9.95. The Bertz CT molecular complexity index is 327. The van der Waals surface area contributed by atoms with E-state index in [1.165, 1.54) is 5.56 Å². The summed E-state index contributed by atoms with van der Waals surface area (Å²) < 4.78 is 7.37. The molecule has 1 aromatic heterocycles. The van der Waals surface area contributed by atoms with Crippen LogP contribution in [0.25, 0.3) is 0 Å². The van der Waals surface area contributed by atoms with Crippen molar-refractivity contribution in [2.24, 2.45) is 0 Å². The number of anilines is 1. The van der Waals surface area contributed by atoms with Crippen LogP contribution >= 0.6 is 0 Å². The van der Waals surface area contributed by atoms with Crippen molar-refractivity contribution in [1.82, 2.24) is 9.78 Å². The van der Waals surface area contributed by atoms with Crippen molar-refractivity contribution >= 4 is 5.82 Å². The topological polar surface area (TPSA) is 30.3 Å². The van der Waals surface area contributed by atoms with Gasteiger partial charge in [-0.15, -0.1) is 0 Å². The molecule has 0 amide bonds. The normalized spacial score (nSPS) is 17.5. The zero-order chi connectivity index (χ0) is 10.8. The first-order valence-electron chi connectivity index (χ1n) is 5.57. The molecule has 0 aliphatic carbocycles. The fourth-order valence-electron chi connectivity index (χ4n) is 1.83. The Labute approximate surface area is 90.8 Å². The van der Waals surface area contributed by atoms with Crippen LogP contribution < -0.4 is 4.90 Å². The minimum atomic E-state index is 0.429. The second-order valence-electron chi connectivity index (χ2n) is 4.31. The van der Waals surface area contributed by atoms with Gasteiger partial charge in [0.1, 0.15) is 0 Å². The van der Waals surface area contributed by atoms with Crippen LogP contribution in [0.2, 0.25) is 0 Å². The van der Waals surface area contributed by atoms with Crippen molar-refractivity contribution in [3.05, 3.63) is 11.8 Å². The smallest absolute Gasteiger partial charge is 0.153 e. The molecule has 0 radical (unpaired) electrons. The van der Waals surface area contributed by atoms with Gasteiger partial charge in [0.25, 0.3) is 0 Å². The molecule has 0 N–H and O–H groups in total. The molecular formula is C11H19N3O. The van der Waals surface area contributed by atoms with E-state index in [-0.39, 0.29) is 0 Å². The second-order valence-corrected chi connectivity index (χ2v) is 4.31. The Morgan fingerprint density at radius 3 is 2.53 bits per heavy atom. The minimum absolute atomic E-state index is 0.429. The first-order valence-corrected chi connectivity index (χ1v) is 5.57. The first kappa shape index (κ1) is 10.5. The quantitative estimate of drug-likeness (QED) is 0.741. The molecule has 0 atom stereocenters. The lowest BCUT2D eigenvalue weighted by Gasteiger charge is -2.27. The van der Waals surface area contributed by atoms with Gasteiger partial charge in [-0.1, -0.05) is 0 Å². The van der Waals surface area contributed by atoms with E-state index in [0.717, 1.165) is 32.1 Å². The third-order valence-corrected chi connectivity index (χ3v) is 2.73. The van der Waals surface area contributed by atoms with E-state index in [1.54, 1.807) is 0 Å². The van der Waals surface area contributed by atoms with Gasteiger partial charge in [-0.2, -0.15) is 5.10 Å². The molecule has 1 saturated heterocycles. The lowest BCUT2D eigenvalue weighted by Crippen LogP contribution is -2.36. The molecule has 4 nitrogen and oxygen atoms in total. The second kappa shape index (κ2) is 4.23. The van der Waals surface area contributed by atoms with E-state index >= 15 is 0 Å². The van der Waals surface area contributed by atoms with E-state index in [2.05, 4.69) is 37.0 Å². The molecule has 2 heterocycles. The molecule has 1 aliphatic rings. The van der Waals surface area contributed by atoms with Crippen molar-refractivity contribution in [3.8, 4) is 0 Å². The highest BCUT2D eigenvalue weighted by atomic mass is 16.5. The fraction of sp³-hybridized carbons (Fsp3) is 0.727. The van der Waals surface area contributed by atoms with Crippen LogP contribution in [0, 0.1) is 6.92 Å². The summed E-state index contributed by atoms with van der Waals surface area (Å²) in [7, 11) is 0. The molecule has 15 heavy (non-hydrogen) atoms. The number of aromatic nitrogens is 2. The van der Waals surface area contributed by atoms with Crippen LogP contribution in [0.5, 0.6) is 0 Å². The summed E-state index contributed by atoms with van der Waals surface area (Å²) in [5.41, 5.74) is 1.26. The minimum Gasteiger partial charge on any atom is -0.378 e. The van der Waals surface area contributed by atoms with Crippen LogP contribution in [0.3, 0.4) is 0 Å². The van der Waals surface area contributed by atoms with Crippen LogP contribution in [0.15, 0.2) is 6.20 Å². The zero-order valence-corrected chi connectivity index (χ0v) is 9.73. The van der Waals surface area contributed by atoms with Crippen LogP contribution in [-0.2, 0) is 4.74 Å². The van der Waals surface area contributed by atoms with E-state index in [4.69, 9.17) is 4.74 Å². The summed E-state index contributed by atoms with van der Waals surface area (Å²) >= 11 is 0. The summed E-state index contributed by atoms with van der Waals surface area (Å²) in [5, 5.41) is 4.62. The lowest BCUT2D eigenvalue weighted by atomic mass is 10.3. The van der Waals surface area contributed by atoms with Crippen LogP contribution in [0.1, 0.15) is 25.5 Å². The van der Waals surface area contributed by atoms with Gasteiger partial charge in [-0.3, -0.25) is 4.68 Å². The van der Waals surface area contributed by atoms with Crippen molar-refractivity contribution in [2.45, 2.75) is 26.8 Å². The predicted octanol–water partition coefficient (Wildman–Crippen LogP) is 1.61. The molecule has 0 aromatic carbocycles. The highest BCUT2D eigenvalue weighted by molar-refractivity contribution is 5.45. The number of rotatable bonds is 2. The monoisotopic (exact) mass is 209 g/mol. The van der Waals surface area contributed by atoms with Gasteiger partial charge in [0.15, 0.2) is 5.82 Å². The van der Waals surface area contributed by atoms with Gasteiger partial charge in [0.05, 0.1) is 13.2 Å². The van der Waals surface area contributed by atoms with Gasteiger partial charge < -0.3 is 9.64 Å². The summed E-state index contributed by atoms with van der Waals surface area (Å²) in [6, 6.07) is 0.429. The standard InChI is InChI=1S/C11H19N3O/c1-9(2)14-8-10(3)11(12-14)13-4-6-15-7-5-13/h8-9H,4-7H2,1-3H3. The van der Waals surface area contributed by atoms with Gasteiger partial charge in [0.2, 0.25) is 0 Å². The lowest BCUT2D eigenvalue weighted by molar-refractivity contribution is 0.122. The van der Waals surface area contributed by atoms with Crippen molar-refractivity contribution < 1.29 is 4.74 Å². The Morgan fingerprint density at radius 1 is 1.33 bits per heavy atom. The molecule has 2 rings (SSSR count). The molecular weight excluding hydrogens is 190 g/mol. The molecule has 0 saturated carbocycles. The average molecular weight is 209 g/mol. The zero-order valence-electron chi connectivity index (χ0n) is 9.73.